The quantitative estimate of drug-likeness (QED) is 0.297. The van der Waals surface area contributed by atoms with E-state index in [1.165, 1.54) is 23.5 Å². The summed E-state index contributed by atoms with van der Waals surface area (Å²) in [6, 6.07) is 16.6. The number of carbonyl (C=O) groups is 1. The molecule has 1 aromatic heterocycles. The van der Waals surface area contributed by atoms with Crippen LogP contribution in [0.15, 0.2) is 52.9 Å². The number of amides is 1. The highest BCUT2D eigenvalue weighted by Crippen LogP contribution is 2.47. The number of halogens is 2. The van der Waals surface area contributed by atoms with Crippen molar-refractivity contribution < 1.29 is 18.1 Å². The van der Waals surface area contributed by atoms with Crippen molar-refractivity contribution in [3.05, 3.63) is 60.0 Å². The number of alkyl halides is 1. The van der Waals surface area contributed by atoms with Gasteiger partial charge in [-0.15, -0.1) is 21.4 Å². The maximum absolute atomic E-state index is 14.7. The third kappa shape index (κ3) is 5.85. The Balaban J connectivity index is 1.34. The first-order valence-electron chi connectivity index (χ1n) is 14.4. The average Bonchev–Trinajstić information content (AvgIpc) is 3.65. The molecule has 42 heavy (non-hydrogen) atoms. The molecule has 2 saturated carbocycles. The molecule has 1 saturated heterocycles. The molecule has 3 aromatic rings. The Kier molecular flexibility index (Phi) is 7.89. The zero-order valence-electron chi connectivity index (χ0n) is 23.5. The minimum absolute atomic E-state index is 0.0911. The Hall–Kier alpha value is -3.20. The molecule has 3 aliphatic rings. The Bertz CT molecular complexity index is 1550. The minimum atomic E-state index is -2.17. The second kappa shape index (κ2) is 11.5. The molecule has 2 aliphatic carbocycles. The summed E-state index contributed by atoms with van der Waals surface area (Å²) in [4.78, 5) is 21.7. The molecule has 0 unspecified atom stereocenters. The van der Waals surface area contributed by atoms with Gasteiger partial charge in [-0.3, -0.25) is 9.16 Å². The van der Waals surface area contributed by atoms with Gasteiger partial charge in [0.25, 0.3) is 0 Å². The van der Waals surface area contributed by atoms with Crippen molar-refractivity contribution in [3.8, 4) is 27.1 Å². The maximum atomic E-state index is 14.7. The smallest absolute Gasteiger partial charge is 0.225 e. The van der Waals surface area contributed by atoms with Crippen LogP contribution in [0.25, 0.3) is 21.0 Å². The van der Waals surface area contributed by atoms with Crippen LogP contribution >= 0.6 is 11.3 Å². The molecule has 1 aliphatic heterocycles. The number of nitrogens with zero attached hydrogens (tertiary/aromatic N) is 4. The van der Waals surface area contributed by atoms with Crippen molar-refractivity contribution in [3.63, 3.8) is 0 Å². The van der Waals surface area contributed by atoms with Crippen LogP contribution in [0, 0.1) is 23.1 Å². The molecular formula is C31H35F2N5O2S2. The fourth-order valence-electron chi connectivity index (χ4n) is 6.03. The monoisotopic (exact) mass is 611 g/mol. The number of nitriles is 1. The number of benzene rings is 2. The molecule has 2 N–H and O–H groups in total. The van der Waals surface area contributed by atoms with Crippen molar-refractivity contribution in [1.29, 1.82) is 5.26 Å². The second-order valence-corrected chi connectivity index (χ2v) is 15.7. The molecule has 1 amide bonds. The Morgan fingerprint density at radius 1 is 1.14 bits per heavy atom. The molecule has 7 nitrogen and oxygen atoms in total. The highest BCUT2D eigenvalue weighted by atomic mass is 32.3. The van der Waals surface area contributed by atoms with E-state index < -0.39 is 27.7 Å². The summed E-state index contributed by atoms with van der Waals surface area (Å²) in [7, 11) is -0.464. The van der Waals surface area contributed by atoms with Crippen LogP contribution in [0.1, 0.15) is 43.7 Å². The molecule has 0 spiro atoms. The van der Waals surface area contributed by atoms with E-state index in [9.17, 15) is 23.4 Å². The number of thiol groups is 1. The molecular weight excluding hydrogens is 577 g/mol. The lowest BCUT2D eigenvalue weighted by molar-refractivity contribution is -0.128. The summed E-state index contributed by atoms with van der Waals surface area (Å²) in [5, 5.41) is 13.2. The zero-order chi connectivity index (χ0) is 29.5. The van der Waals surface area contributed by atoms with Crippen molar-refractivity contribution >= 4 is 33.0 Å². The molecule has 3 atom stereocenters. The number of anilines is 1. The van der Waals surface area contributed by atoms with Gasteiger partial charge >= 0.3 is 0 Å². The Labute approximate surface area is 249 Å². The molecule has 222 valence electrons. The second-order valence-electron chi connectivity index (χ2n) is 11.6. The average molecular weight is 612 g/mol. The number of hydrogen-bond acceptors (Lipinski definition) is 6. The number of rotatable bonds is 6. The van der Waals surface area contributed by atoms with Crippen molar-refractivity contribution in [2.75, 3.05) is 36.5 Å². The fourth-order valence-corrected chi connectivity index (χ4v) is 8.92. The van der Waals surface area contributed by atoms with Crippen LogP contribution in [-0.2, 0) is 14.9 Å². The topological polar surface area (TPSA) is 102 Å². The van der Waals surface area contributed by atoms with E-state index >= 15 is 0 Å². The largest absolute Gasteiger partial charge is 0.370 e. The van der Waals surface area contributed by atoms with E-state index in [1.807, 2.05) is 12.1 Å². The predicted octanol–water partition coefficient (Wildman–Crippen LogP) is 6.00. The summed E-state index contributed by atoms with van der Waals surface area (Å²) in [5.74, 6) is -0.209. The number of carbonyl (C=O) groups excluding carboxylic acids is 1. The number of nitrogens with one attached hydrogen (secondary N) is 1. The maximum Gasteiger partial charge on any atom is 0.225 e. The van der Waals surface area contributed by atoms with E-state index in [1.54, 1.807) is 19.2 Å². The van der Waals surface area contributed by atoms with Crippen LogP contribution in [0.2, 0.25) is 0 Å². The third-order valence-electron chi connectivity index (χ3n) is 8.87. The van der Waals surface area contributed by atoms with Gasteiger partial charge in [0.05, 0.1) is 16.6 Å². The van der Waals surface area contributed by atoms with Crippen molar-refractivity contribution in [2.45, 2.75) is 49.7 Å². The SMILES string of the molecule is CN=[SH]1(O)CCN(c2ccc(-c3sc(-c4ccc(F)cc4)nc3[C@@H]3CC[C@H](F)C[C@H]3C(=O)NC3(C#N)CC3)cc2)CC1. The van der Waals surface area contributed by atoms with Gasteiger partial charge in [0.1, 0.15) is 22.5 Å². The van der Waals surface area contributed by atoms with Gasteiger partial charge in [0.2, 0.25) is 5.91 Å². The first-order chi connectivity index (χ1) is 20.2. The van der Waals surface area contributed by atoms with Gasteiger partial charge in [-0.1, -0.05) is 12.1 Å². The number of hydrogen-bond donors (Lipinski definition) is 3. The summed E-state index contributed by atoms with van der Waals surface area (Å²) in [6.07, 6.45) is 1.04. The Morgan fingerprint density at radius 2 is 1.81 bits per heavy atom. The summed E-state index contributed by atoms with van der Waals surface area (Å²) in [6.45, 7) is 1.49. The minimum Gasteiger partial charge on any atom is -0.370 e. The van der Waals surface area contributed by atoms with E-state index in [0.717, 1.165) is 40.5 Å². The molecule has 6 rings (SSSR count). The molecule has 0 radical (unpaired) electrons. The Morgan fingerprint density at radius 3 is 2.43 bits per heavy atom. The van der Waals surface area contributed by atoms with Gasteiger partial charge in [0.15, 0.2) is 0 Å². The van der Waals surface area contributed by atoms with Crippen molar-refractivity contribution in [1.82, 2.24) is 10.3 Å². The van der Waals surface area contributed by atoms with Gasteiger partial charge in [-0.25, -0.2) is 13.8 Å². The van der Waals surface area contributed by atoms with Crippen LogP contribution in [0.5, 0.6) is 0 Å². The summed E-state index contributed by atoms with van der Waals surface area (Å²) in [5.41, 5.74) is 2.70. The first kappa shape index (κ1) is 28.9. The lowest BCUT2D eigenvalue weighted by Gasteiger charge is -2.37. The predicted molar refractivity (Wildman–Crippen MR) is 165 cm³/mol. The third-order valence-corrected chi connectivity index (χ3v) is 12.6. The number of aromatic nitrogens is 1. The summed E-state index contributed by atoms with van der Waals surface area (Å²) < 4.78 is 43.2. The standard InChI is InChI=1S/C31H35F2N5O2S2/c1-35-42(40)16-14-38(15-17-42)24-9-4-20(5-10-24)28-27(36-30(41-28)21-2-6-22(32)7-3-21)25-11-8-23(33)18-26(25)29(39)37-31(19-34)12-13-31/h2-7,9-10,23,25-26,42H,8,11-18H2,1H3,(H,35,40)(H,37,39)/t23-,25+,26+/m0/s1. The van der Waals surface area contributed by atoms with Crippen LogP contribution < -0.4 is 10.2 Å². The highest BCUT2D eigenvalue weighted by molar-refractivity contribution is 8.00. The molecule has 3 fully saturated rings. The van der Waals surface area contributed by atoms with E-state index in [4.69, 9.17) is 4.98 Å². The zero-order valence-corrected chi connectivity index (χ0v) is 25.2. The van der Waals surface area contributed by atoms with Crippen LogP contribution in [0.3, 0.4) is 0 Å². The van der Waals surface area contributed by atoms with Gasteiger partial charge in [-0.05, 0) is 74.1 Å². The lowest BCUT2D eigenvalue weighted by Crippen LogP contribution is -2.44. The molecule has 0 bridgehead atoms. The normalized spacial score (nSPS) is 25.2. The van der Waals surface area contributed by atoms with E-state index in [0.29, 0.717) is 42.2 Å². The van der Waals surface area contributed by atoms with Crippen molar-refractivity contribution in [2.24, 2.45) is 10.3 Å². The van der Waals surface area contributed by atoms with Gasteiger partial charge in [-0.2, -0.15) is 5.26 Å². The van der Waals surface area contributed by atoms with Gasteiger partial charge < -0.3 is 14.8 Å². The van der Waals surface area contributed by atoms with Gasteiger partial charge in [0, 0.05) is 54.7 Å². The number of thiazole rings is 1. The van der Waals surface area contributed by atoms with E-state index in [-0.39, 0.29) is 24.1 Å². The summed E-state index contributed by atoms with van der Waals surface area (Å²) >= 11 is 1.49. The lowest BCUT2D eigenvalue weighted by atomic mass is 9.75. The van der Waals surface area contributed by atoms with Crippen LogP contribution in [-0.4, -0.2) is 58.8 Å². The van der Waals surface area contributed by atoms with Crippen LogP contribution in [0.4, 0.5) is 14.5 Å². The highest BCUT2D eigenvalue weighted by Gasteiger charge is 2.48. The molecule has 2 heterocycles. The van der Waals surface area contributed by atoms with E-state index in [2.05, 4.69) is 32.8 Å². The fraction of sp³-hybridized carbons (Fsp3) is 0.452. The molecule has 2 aromatic carbocycles. The first-order valence-corrected chi connectivity index (χ1v) is 17.3. The molecule has 11 heteroatoms.